The van der Waals surface area contributed by atoms with Crippen LogP contribution in [-0.2, 0) is 4.74 Å². The zero-order chi connectivity index (χ0) is 13.4. The van der Waals surface area contributed by atoms with E-state index < -0.39 is 0 Å². The second kappa shape index (κ2) is 8.16. The number of halogens is 1. The van der Waals surface area contributed by atoms with Crippen molar-refractivity contribution in [3.05, 3.63) is 29.8 Å². The highest BCUT2D eigenvalue weighted by Gasteiger charge is 2.13. The maximum atomic E-state index is 13.2. The highest BCUT2D eigenvalue weighted by Crippen LogP contribution is 2.20. The van der Waals surface area contributed by atoms with Gasteiger partial charge in [-0.3, -0.25) is 4.98 Å². The van der Waals surface area contributed by atoms with Gasteiger partial charge >= 0.3 is 0 Å². The Morgan fingerprint density at radius 2 is 2.17 bits per heavy atom. The van der Waals surface area contributed by atoms with E-state index in [1.165, 1.54) is 6.20 Å². The van der Waals surface area contributed by atoms with Crippen LogP contribution in [-0.4, -0.2) is 24.7 Å². The second-order valence-corrected chi connectivity index (χ2v) is 4.57. The molecule has 1 aromatic heterocycles. The van der Waals surface area contributed by atoms with Crippen molar-refractivity contribution in [2.45, 2.75) is 45.3 Å². The standard InChI is InChI=1S/C14H23FN2O/c1-4-7-17-14(6-5-11(2)18-3)12-8-13(15)10-16-9-12/h8-11,14,17H,4-7H2,1-3H3. The average molecular weight is 254 g/mol. The first-order valence-electron chi connectivity index (χ1n) is 6.54. The van der Waals surface area contributed by atoms with Gasteiger partial charge in [-0.05, 0) is 44.4 Å². The minimum absolute atomic E-state index is 0.144. The molecular formula is C14H23FN2O. The Balaban J connectivity index is 2.65. The van der Waals surface area contributed by atoms with Gasteiger partial charge in [0, 0.05) is 19.3 Å². The Morgan fingerprint density at radius 3 is 2.78 bits per heavy atom. The molecule has 1 heterocycles. The Hall–Kier alpha value is -1.00. The molecule has 18 heavy (non-hydrogen) atoms. The monoisotopic (exact) mass is 254 g/mol. The lowest BCUT2D eigenvalue weighted by Crippen LogP contribution is -2.23. The molecule has 102 valence electrons. The zero-order valence-electron chi connectivity index (χ0n) is 11.4. The number of hydrogen-bond donors (Lipinski definition) is 1. The van der Waals surface area contributed by atoms with Gasteiger partial charge in [0.1, 0.15) is 5.82 Å². The van der Waals surface area contributed by atoms with Gasteiger partial charge in [-0.1, -0.05) is 6.92 Å². The molecule has 0 radical (unpaired) electrons. The molecule has 0 bridgehead atoms. The van der Waals surface area contributed by atoms with Gasteiger partial charge in [0.2, 0.25) is 0 Å². The smallest absolute Gasteiger partial charge is 0.141 e. The first-order chi connectivity index (χ1) is 8.67. The summed E-state index contributed by atoms with van der Waals surface area (Å²) < 4.78 is 18.4. The van der Waals surface area contributed by atoms with Crippen LogP contribution in [0.3, 0.4) is 0 Å². The second-order valence-electron chi connectivity index (χ2n) is 4.57. The predicted octanol–water partition coefficient (Wildman–Crippen LogP) is 3.08. The molecule has 0 spiro atoms. The highest BCUT2D eigenvalue weighted by atomic mass is 19.1. The van der Waals surface area contributed by atoms with Crippen molar-refractivity contribution < 1.29 is 9.13 Å². The fourth-order valence-electron chi connectivity index (χ4n) is 1.84. The minimum Gasteiger partial charge on any atom is -0.382 e. The lowest BCUT2D eigenvalue weighted by Gasteiger charge is -2.20. The van der Waals surface area contributed by atoms with Crippen molar-refractivity contribution in [2.24, 2.45) is 0 Å². The number of aromatic nitrogens is 1. The van der Waals surface area contributed by atoms with Crippen molar-refractivity contribution in [1.29, 1.82) is 0 Å². The summed E-state index contributed by atoms with van der Waals surface area (Å²) in [6, 6.07) is 1.70. The molecule has 0 aliphatic carbocycles. The third kappa shape index (κ3) is 5.10. The minimum atomic E-state index is -0.282. The molecule has 0 saturated heterocycles. The molecule has 1 rings (SSSR count). The van der Waals surface area contributed by atoms with Crippen LogP contribution in [0.4, 0.5) is 4.39 Å². The van der Waals surface area contributed by atoms with E-state index in [0.717, 1.165) is 31.4 Å². The van der Waals surface area contributed by atoms with Crippen molar-refractivity contribution >= 4 is 0 Å². The van der Waals surface area contributed by atoms with Gasteiger partial charge < -0.3 is 10.1 Å². The van der Waals surface area contributed by atoms with Gasteiger partial charge in [0.05, 0.1) is 12.3 Å². The fourth-order valence-corrected chi connectivity index (χ4v) is 1.84. The summed E-state index contributed by atoms with van der Waals surface area (Å²) in [5.41, 5.74) is 0.909. The van der Waals surface area contributed by atoms with Crippen molar-refractivity contribution in [3.8, 4) is 0 Å². The van der Waals surface area contributed by atoms with Crippen LogP contribution in [0.15, 0.2) is 18.5 Å². The third-order valence-corrected chi connectivity index (χ3v) is 3.03. The Kier molecular flexibility index (Phi) is 6.83. The number of rotatable bonds is 8. The summed E-state index contributed by atoms with van der Waals surface area (Å²) >= 11 is 0. The first kappa shape index (κ1) is 15.1. The van der Waals surface area contributed by atoms with Crippen molar-refractivity contribution in [2.75, 3.05) is 13.7 Å². The van der Waals surface area contributed by atoms with Crippen LogP contribution < -0.4 is 5.32 Å². The molecule has 2 unspecified atom stereocenters. The van der Waals surface area contributed by atoms with E-state index in [2.05, 4.69) is 17.2 Å². The summed E-state index contributed by atoms with van der Waals surface area (Å²) in [6.07, 6.45) is 6.09. The number of hydrogen-bond acceptors (Lipinski definition) is 3. The van der Waals surface area contributed by atoms with Gasteiger partial charge in [-0.15, -0.1) is 0 Å². The Morgan fingerprint density at radius 1 is 1.39 bits per heavy atom. The first-order valence-corrected chi connectivity index (χ1v) is 6.54. The largest absolute Gasteiger partial charge is 0.382 e. The van der Waals surface area contributed by atoms with E-state index in [0.29, 0.717) is 0 Å². The molecule has 0 amide bonds. The molecule has 3 nitrogen and oxygen atoms in total. The SMILES string of the molecule is CCCNC(CCC(C)OC)c1cncc(F)c1. The summed E-state index contributed by atoms with van der Waals surface area (Å²) in [7, 11) is 1.71. The summed E-state index contributed by atoms with van der Waals surface area (Å²) in [6.45, 7) is 5.08. The Labute approximate surface area is 109 Å². The van der Waals surface area contributed by atoms with E-state index in [1.54, 1.807) is 19.4 Å². The van der Waals surface area contributed by atoms with Crippen molar-refractivity contribution in [3.63, 3.8) is 0 Å². The van der Waals surface area contributed by atoms with E-state index >= 15 is 0 Å². The van der Waals surface area contributed by atoms with E-state index in [-0.39, 0.29) is 18.0 Å². The van der Waals surface area contributed by atoms with Gasteiger partial charge in [-0.2, -0.15) is 0 Å². The van der Waals surface area contributed by atoms with E-state index in [1.807, 2.05) is 6.92 Å². The van der Waals surface area contributed by atoms with Crippen LogP contribution in [0.25, 0.3) is 0 Å². The van der Waals surface area contributed by atoms with Crippen molar-refractivity contribution in [1.82, 2.24) is 10.3 Å². The summed E-state index contributed by atoms with van der Waals surface area (Å²) in [5, 5.41) is 3.43. The predicted molar refractivity (Wildman–Crippen MR) is 70.9 cm³/mol. The molecule has 4 heteroatoms. The van der Waals surface area contributed by atoms with Crippen LogP contribution in [0.5, 0.6) is 0 Å². The fraction of sp³-hybridized carbons (Fsp3) is 0.643. The average Bonchev–Trinajstić information content (AvgIpc) is 2.38. The number of pyridine rings is 1. The van der Waals surface area contributed by atoms with Crippen LogP contribution in [0.2, 0.25) is 0 Å². The van der Waals surface area contributed by atoms with Gasteiger partial charge in [0.25, 0.3) is 0 Å². The van der Waals surface area contributed by atoms with Gasteiger partial charge in [0.15, 0.2) is 0 Å². The molecule has 0 saturated carbocycles. The zero-order valence-corrected chi connectivity index (χ0v) is 11.4. The molecule has 0 aliphatic heterocycles. The molecule has 0 aromatic carbocycles. The number of nitrogens with one attached hydrogen (secondary N) is 1. The maximum absolute atomic E-state index is 13.2. The summed E-state index contributed by atoms with van der Waals surface area (Å²) in [4.78, 5) is 3.91. The topological polar surface area (TPSA) is 34.1 Å². The van der Waals surface area contributed by atoms with Crippen LogP contribution in [0, 0.1) is 5.82 Å². The third-order valence-electron chi connectivity index (χ3n) is 3.03. The lowest BCUT2D eigenvalue weighted by molar-refractivity contribution is 0.106. The molecular weight excluding hydrogens is 231 g/mol. The molecule has 1 N–H and O–H groups in total. The molecule has 0 fully saturated rings. The highest BCUT2D eigenvalue weighted by molar-refractivity contribution is 5.15. The lowest BCUT2D eigenvalue weighted by atomic mass is 10.0. The summed E-state index contributed by atoms with van der Waals surface area (Å²) in [5.74, 6) is -0.282. The number of methoxy groups -OCH3 is 1. The molecule has 0 aliphatic rings. The Bertz CT molecular complexity index is 346. The number of nitrogens with zero attached hydrogens (tertiary/aromatic N) is 1. The molecule has 2 atom stereocenters. The van der Waals surface area contributed by atoms with E-state index in [9.17, 15) is 4.39 Å². The quantitative estimate of drug-likeness (QED) is 0.774. The van der Waals surface area contributed by atoms with E-state index in [4.69, 9.17) is 4.74 Å². The maximum Gasteiger partial charge on any atom is 0.141 e. The van der Waals surface area contributed by atoms with Crippen LogP contribution in [0.1, 0.15) is 44.7 Å². The normalized spacial score (nSPS) is 14.4. The number of ether oxygens (including phenoxy) is 1. The van der Waals surface area contributed by atoms with Gasteiger partial charge in [-0.25, -0.2) is 4.39 Å². The van der Waals surface area contributed by atoms with Crippen LogP contribution >= 0.6 is 0 Å². The molecule has 1 aromatic rings.